The van der Waals surface area contributed by atoms with Crippen LogP contribution in [0.1, 0.15) is 25.8 Å². The van der Waals surface area contributed by atoms with Crippen molar-refractivity contribution in [3.05, 3.63) is 48.7 Å². The van der Waals surface area contributed by atoms with E-state index in [1.165, 1.54) is 18.3 Å². The molecule has 0 saturated carbocycles. The summed E-state index contributed by atoms with van der Waals surface area (Å²) >= 11 is 0. The van der Waals surface area contributed by atoms with Crippen LogP contribution in [-0.2, 0) is 9.47 Å². The minimum Gasteiger partial charge on any atom is -0.356 e. The molecular formula is C25H26F3N5O2. The number of fused-ring (bicyclic) bond motifs is 3. The number of pyridine rings is 3. The van der Waals surface area contributed by atoms with E-state index in [9.17, 15) is 8.78 Å². The number of hydrogen-bond donors (Lipinski definition) is 0. The molecule has 10 heteroatoms. The largest absolute Gasteiger partial charge is 0.356 e. The number of halogens is 3. The van der Waals surface area contributed by atoms with E-state index < -0.39 is 12.4 Å². The summed E-state index contributed by atoms with van der Waals surface area (Å²) in [6, 6.07) is 6.30. The Kier molecular flexibility index (Phi) is 6.57. The van der Waals surface area contributed by atoms with Gasteiger partial charge in [-0.2, -0.15) is 8.78 Å². The molecule has 0 aromatic carbocycles. The first-order valence-electron chi connectivity index (χ1n) is 11.5. The van der Waals surface area contributed by atoms with Crippen molar-refractivity contribution in [3.8, 4) is 11.3 Å². The van der Waals surface area contributed by atoms with Crippen LogP contribution in [0, 0.1) is 11.7 Å². The molecule has 0 spiro atoms. The van der Waals surface area contributed by atoms with Gasteiger partial charge >= 0.3 is 6.55 Å². The van der Waals surface area contributed by atoms with E-state index in [2.05, 4.69) is 15.0 Å². The molecule has 0 N–H and O–H groups in total. The van der Waals surface area contributed by atoms with Gasteiger partial charge in [0.1, 0.15) is 5.65 Å². The van der Waals surface area contributed by atoms with Crippen LogP contribution >= 0.6 is 0 Å². The third-order valence-electron chi connectivity index (χ3n) is 6.73. The molecule has 0 atom stereocenters. The summed E-state index contributed by atoms with van der Waals surface area (Å²) in [7, 11) is 3.25. The Morgan fingerprint density at radius 2 is 1.83 bits per heavy atom. The maximum atomic E-state index is 15.1. The second-order valence-corrected chi connectivity index (χ2v) is 8.70. The van der Waals surface area contributed by atoms with Gasteiger partial charge in [0.2, 0.25) is 0 Å². The van der Waals surface area contributed by atoms with Crippen LogP contribution in [0.5, 0.6) is 0 Å². The Morgan fingerprint density at radius 1 is 1.06 bits per heavy atom. The van der Waals surface area contributed by atoms with E-state index in [0.717, 1.165) is 23.8 Å². The molecule has 0 radical (unpaired) electrons. The second-order valence-electron chi connectivity index (χ2n) is 8.70. The first-order valence-corrected chi connectivity index (χ1v) is 11.5. The molecule has 4 aromatic heterocycles. The van der Waals surface area contributed by atoms with Crippen LogP contribution in [0.25, 0.3) is 33.2 Å². The molecule has 5 heterocycles. The predicted octanol–water partition coefficient (Wildman–Crippen LogP) is 5.41. The molecule has 1 aliphatic rings. The van der Waals surface area contributed by atoms with E-state index in [0.29, 0.717) is 46.6 Å². The zero-order valence-electron chi connectivity index (χ0n) is 19.5. The van der Waals surface area contributed by atoms with Crippen molar-refractivity contribution >= 4 is 27.8 Å². The van der Waals surface area contributed by atoms with Crippen molar-refractivity contribution in [2.75, 3.05) is 32.2 Å². The fraction of sp³-hybridized carbons (Fsp3) is 0.400. The van der Waals surface area contributed by atoms with Crippen LogP contribution < -0.4 is 4.90 Å². The van der Waals surface area contributed by atoms with Crippen LogP contribution in [0.15, 0.2) is 42.9 Å². The highest BCUT2D eigenvalue weighted by Crippen LogP contribution is 2.34. The molecule has 0 aliphatic carbocycles. The standard InChI is InChI=1S/C25H26F3N5O2/c1-34-22(35-2)11-15-6-9-32(10-7-15)24-19(26)12-16(13-30-24)20-4-3-17-18-14-29-8-5-21(18)33(25(27)28)23(17)31-20/h3-5,8,12-15,22,25H,6-7,9-11H2,1-2H3. The lowest BCUT2D eigenvalue weighted by Gasteiger charge is -2.34. The molecule has 184 valence electrons. The van der Waals surface area contributed by atoms with Crippen molar-refractivity contribution < 1.29 is 22.6 Å². The monoisotopic (exact) mass is 485 g/mol. The molecule has 0 bridgehead atoms. The minimum atomic E-state index is -2.77. The highest BCUT2D eigenvalue weighted by molar-refractivity contribution is 6.06. The van der Waals surface area contributed by atoms with Gasteiger partial charge in [0.15, 0.2) is 17.9 Å². The Morgan fingerprint density at radius 3 is 2.51 bits per heavy atom. The van der Waals surface area contributed by atoms with Gasteiger partial charge in [0.05, 0.1) is 11.2 Å². The van der Waals surface area contributed by atoms with Crippen LogP contribution in [0.2, 0.25) is 0 Å². The zero-order chi connectivity index (χ0) is 24.5. The highest BCUT2D eigenvalue weighted by atomic mass is 19.3. The SMILES string of the molecule is COC(CC1CCN(c2ncc(-c3ccc4c5cnccc5n(C(F)F)c4n3)cc2F)CC1)OC. The Hall–Kier alpha value is -3.24. The molecule has 35 heavy (non-hydrogen) atoms. The molecule has 1 saturated heterocycles. The van der Waals surface area contributed by atoms with Crippen molar-refractivity contribution in [1.29, 1.82) is 0 Å². The molecule has 4 aromatic rings. The summed E-state index contributed by atoms with van der Waals surface area (Å²) in [6.45, 7) is -1.41. The van der Waals surface area contributed by atoms with Gasteiger partial charge in [-0.25, -0.2) is 14.4 Å². The lowest BCUT2D eigenvalue weighted by molar-refractivity contribution is -0.115. The molecule has 0 unspecified atom stereocenters. The topological polar surface area (TPSA) is 65.3 Å². The number of methoxy groups -OCH3 is 2. The van der Waals surface area contributed by atoms with Gasteiger partial charge in [-0.15, -0.1) is 0 Å². The molecule has 1 aliphatic heterocycles. The molecular weight excluding hydrogens is 459 g/mol. The number of alkyl halides is 2. The van der Waals surface area contributed by atoms with Gasteiger partial charge in [-0.3, -0.25) is 9.55 Å². The van der Waals surface area contributed by atoms with E-state index in [1.807, 2.05) is 4.90 Å². The van der Waals surface area contributed by atoms with Gasteiger partial charge in [-0.1, -0.05) is 0 Å². The van der Waals surface area contributed by atoms with Crippen LogP contribution in [0.3, 0.4) is 0 Å². The minimum absolute atomic E-state index is 0.123. The number of aromatic nitrogens is 4. The molecule has 1 fully saturated rings. The maximum Gasteiger partial charge on any atom is 0.320 e. The summed E-state index contributed by atoms with van der Waals surface area (Å²) in [6.07, 6.45) is 6.90. The normalized spacial score (nSPS) is 15.2. The Labute approximate surface area is 200 Å². The Balaban J connectivity index is 1.39. The van der Waals surface area contributed by atoms with E-state index in [-0.39, 0.29) is 17.8 Å². The third-order valence-corrected chi connectivity index (χ3v) is 6.73. The summed E-state index contributed by atoms with van der Waals surface area (Å²) in [5.41, 5.74) is 1.27. The Bertz CT molecular complexity index is 1330. The quantitative estimate of drug-likeness (QED) is 0.326. The van der Waals surface area contributed by atoms with Crippen molar-refractivity contribution in [2.45, 2.75) is 32.1 Å². The average Bonchev–Trinajstić information content (AvgIpc) is 3.21. The number of rotatable bonds is 7. The summed E-state index contributed by atoms with van der Waals surface area (Å²) in [4.78, 5) is 14.8. The number of anilines is 1. The maximum absolute atomic E-state index is 15.1. The number of ether oxygens (including phenoxy) is 2. The highest BCUT2D eigenvalue weighted by Gasteiger charge is 2.25. The lowest BCUT2D eigenvalue weighted by Crippen LogP contribution is -2.36. The molecule has 5 rings (SSSR count). The van der Waals surface area contributed by atoms with Crippen LogP contribution in [-0.4, -0.2) is 53.1 Å². The average molecular weight is 486 g/mol. The van der Waals surface area contributed by atoms with Gasteiger partial charge in [-0.05, 0) is 43.0 Å². The van der Waals surface area contributed by atoms with Crippen molar-refractivity contribution in [2.24, 2.45) is 5.92 Å². The first-order chi connectivity index (χ1) is 17.0. The predicted molar refractivity (Wildman–Crippen MR) is 127 cm³/mol. The van der Waals surface area contributed by atoms with E-state index >= 15 is 4.39 Å². The van der Waals surface area contributed by atoms with Crippen molar-refractivity contribution in [3.63, 3.8) is 0 Å². The first kappa shape index (κ1) is 23.5. The molecule has 7 nitrogen and oxygen atoms in total. The summed E-state index contributed by atoms with van der Waals surface area (Å²) < 4.78 is 54.3. The zero-order valence-corrected chi connectivity index (χ0v) is 19.5. The fourth-order valence-electron chi connectivity index (χ4n) is 4.86. The number of hydrogen-bond acceptors (Lipinski definition) is 6. The summed E-state index contributed by atoms with van der Waals surface area (Å²) in [5, 5.41) is 1.15. The summed E-state index contributed by atoms with van der Waals surface area (Å²) in [5.74, 6) is 0.260. The van der Waals surface area contributed by atoms with E-state index in [4.69, 9.17) is 9.47 Å². The van der Waals surface area contributed by atoms with Gasteiger partial charge in [0.25, 0.3) is 0 Å². The van der Waals surface area contributed by atoms with Crippen molar-refractivity contribution in [1.82, 2.24) is 19.5 Å². The third kappa shape index (κ3) is 4.43. The fourth-order valence-corrected chi connectivity index (χ4v) is 4.86. The lowest BCUT2D eigenvalue weighted by atomic mass is 9.93. The van der Waals surface area contributed by atoms with E-state index in [1.54, 1.807) is 38.7 Å². The van der Waals surface area contributed by atoms with Crippen LogP contribution in [0.4, 0.5) is 19.0 Å². The number of piperidine rings is 1. The second kappa shape index (κ2) is 9.79. The molecule has 0 amide bonds. The van der Waals surface area contributed by atoms with Gasteiger partial charge in [0, 0.05) is 68.7 Å². The number of nitrogens with zero attached hydrogens (tertiary/aromatic N) is 5. The van der Waals surface area contributed by atoms with Gasteiger partial charge < -0.3 is 14.4 Å². The smallest absolute Gasteiger partial charge is 0.320 e.